The first kappa shape index (κ1) is 14.9. The zero-order valence-electron chi connectivity index (χ0n) is 11.2. The van der Waals surface area contributed by atoms with Gasteiger partial charge >= 0.3 is 0 Å². The van der Waals surface area contributed by atoms with Gasteiger partial charge in [-0.1, -0.05) is 24.3 Å². The largest absolute Gasteiger partial charge is 0.270 e. The highest BCUT2D eigenvalue weighted by Gasteiger charge is 2.10. The van der Waals surface area contributed by atoms with Crippen molar-refractivity contribution in [1.82, 2.24) is 0 Å². The molecule has 0 spiro atoms. The molecule has 2 rings (SSSR count). The van der Waals surface area contributed by atoms with Gasteiger partial charge in [0.2, 0.25) is 0 Å². The molecule has 22 heavy (non-hydrogen) atoms. The third-order valence-electron chi connectivity index (χ3n) is 2.88. The van der Waals surface area contributed by atoms with E-state index in [4.69, 9.17) is 0 Å². The first-order chi connectivity index (χ1) is 10.5. The fourth-order valence-electron chi connectivity index (χ4n) is 1.86. The summed E-state index contributed by atoms with van der Waals surface area (Å²) >= 11 is 0. The molecule has 0 unspecified atom stereocenters. The van der Waals surface area contributed by atoms with Crippen LogP contribution in [0.1, 0.15) is 11.1 Å². The van der Waals surface area contributed by atoms with Gasteiger partial charge in [-0.25, -0.2) is 0 Å². The van der Waals surface area contributed by atoms with Gasteiger partial charge in [-0.15, -0.1) is 0 Å². The van der Waals surface area contributed by atoms with E-state index in [2.05, 4.69) is 0 Å². The maximum atomic E-state index is 10.8. The van der Waals surface area contributed by atoms with Crippen molar-refractivity contribution in [3.63, 3.8) is 0 Å². The number of allylic oxidation sites excluding steroid dienone is 1. The van der Waals surface area contributed by atoms with Crippen LogP contribution < -0.4 is 0 Å². The Bertz CT molecular complexity index is 822. The number of non-ortho nitro benzene ring substituents is 2. The summed E-state index contributed by atoms with van der Waals surface area (Å²) in [6.07, 6.45) is 1.45. The summed E-state index contributed by atoms with van der Waals surface area (Å²) in [4.78, 5) is 20.4. The average Bonchev–Trinajstić information content (AvgIpc) is 2.53. The fraction of sp³-hybridized carbons (Fsp3) is 0. The Morgan fingerprint density at radius 3 is 2.18 bits per heavy atom. The minimum Gasteiger partial charge on any atom is -0.258 e. The van der Waals surface area contributed by atoms with Gasteiger partial charge < -0.3 is 0 Å². The number of nitro benzene ring substituents is 2. The summed E-state index contributed by atoms with van der Waals surface area (Å²) in [5, 5.41) is 30.7. The average molecular weight is 295 g/mol. The predicted molar refractivity (Wildman–Crippen MR) is 79.7 cm³/mol. The van der Waals surface area contributed by atoms with E-state index in [-0.39, 0.29) is 16.9 Å². The Morgan fingerprint density at radius 1 is 1.00 bits per heavy atom. The normalized spacial score (nSPS) is 10.8. The quantitative estimate of drug-likeness (QED) is 0.370. The summed E-state index contributed by atoms with van der Waals surface area (Å²) in [6.45, 7) is 0. The molecule has 0 aromatic heterocycles. The first-order valence-corrected chi connectivity index (χ1v) is 6.12. The van der Waals surface area contributed by atoms with Crippen LogP contribution in [0.2, 0.25) is 0 Å². The fourth-order valence-corrected chi connectivity index (χ4v) is 1.86. The second-order valence-corrected chi connectivity index (χ2v) is 4.33. The highest BCUT2D eigenvalue weighted by atomic mass is 16.6. The van der Waals surface area contributed by atoms with Gasteiger partial charge in [0.15, 0.2) is 0 Å². The third-order valence-corrected chi connectivity index (χ3v) is 2.88. The maximum absolute atomic E-state index is 10.8. The number of nitriles is 1. The standard InChI is InChI=1S/C15H9N3O4/c16-10-13(12-4-2-6-15(9-12)18(21)22)7-11-3-1-5-14(8-11)17(19)20/h1-9H/b13-7-. The number of nitrogens with zero attached hydrogens (tertiary/aromatic N) is 3. The molecular weight excluding hydrogens is 286 g/mol. The van der Waals surface area contributed by atoms with Crippen molar-refractivity contribution in [3.05, 3.63) is 79.9 Å². The van der Waals surface area contributed by atoms with Crippen LogP contribution in [-0.4, -0.2) is 9.85 Å². The van der Waals surface area contributed by atoms with Gasteiger partial charge in [0.1, 0.15) is 0 Å². The first-order valence-electron chi connectivity index (χ1n) is 6.12. The van der Waals surface area contributed by atoms with E-state index in [0.717, 1.165) is 0 Å². The number of hydrogen-bond acceptors (Lipinski definition) is 5. The summed E-state index contributed by atoms with van der Waals surface area (Å²) in [5.41, 5.74) is 0.812. The molecule has 0 heterocycles. The van der Waals surface area contributed by atoms with Crippen LogP contribution in [0.5, 0.6) is 0 Å². The van der Waals surface area contributed by atoms with E-state index < -0.39 is 9.85 Å². The Hall–Kier alpha value is -3.53. The lowest BCUT2D eigenvalue weighted by atomic mass is 10.0. The summed E-state index contributed by atoms with van der Waals surface area (Å²) < 4.78 is 0. The molecule has 108 valence electrons. The van der Waals surface area contributed by atoms with Crippen molar-refractivity contribution in [2.75, 3.05) is 0 Å². The van der Waals surface area contributed by atoms with E-state index in [1.54, 1.807) is 12.1 Å². The van der Waals surface area contributed by atoms with Crippen LogP contribution in [0.4, 0.5) is 11.4 Å². The monoisotopic (exact) mass is 295 g/mol. The second kappa shape index (κ2) is 6.28. The van der Waals surface area contributed by atoms with Gasteiger partial charge in [-0.2, -0.15) is 5.26 Å². The lowest BCUT2D eigenvalue weighted by Gasteiger charge is -2.00. The molecular formula is C15H9N3O4. The smallest absolute Gasteiger partial charge is 0.258 e. The minimum absolute atomic E-state index is 0.0925. The molecule has 0 aliphatic carbocycles. The van der Waals surface area contributed by atoms with Crippen LogP contribution >= 0.6 is 0 Å². The van der Waals surface area contributed by atoms with Crippen LogP contribution in [0, 0.1) is 31.6 Å². The SMILES string of the molecule is N#C/C(=C/c1cccc([N+](=O)[O-])c1)c1cccc([N+](=O)[O-])c1. The van der Waals surface area contributed by atoms with Crippen LogP contribution in [0.3, 0.4) is 0 Å². The molecule has 2 aromatic rings. The lowest BCUT2D eigenvalue weighted by molar-refractivity contribution is -0.385. The van der Waals surface area contributed by atoms with E-state index in [9.17, 15) is 25.5 Å². The minimum atomic E-state index is -0.550. The van der Waals surface area contributed by atoms with Gasteiger partial charge in [-0.3, -0.25) is 20.2 Å². The molecule has 2 aromatic carbocycles. The van der Waals surface area contributed by atoms with Gasteiger partial charge in [0, 0.05) is 24.3 Å². The van der Waals surface area contributed by atoms with Crippen molar-refractivity contribution in [2.45, 2.75) is 0 Å². The van der Waals surface area contributed by atoms with Crippen LogP contribution in [-0.2, 0) is 0 Å². The molecule has 0 fully saturated rings. The highest BCUT2D eigenvalue weighted by molar-refractivity contribution is 5.90. The second-order valence-electron chi connectivity index (χ2n) is 4.33. The Morgan fingerprint density at radius 2 is 1.59 bits per heavy atom. The van der Waals surface area contributed by atoms with Gasteiger partial charge in [0.05, 0.1) is 21.5 Å². The van der Waals surface area contributed by atoms with Crippen LogP contribution in [0.25, 0.3) is 11.6 Å². The van der Waals surface area contributed by atoms with Crippen molar-refractivity contribution in [3.8, 4) is 6.07 Å². The highest BCUT2D eigenvalue weighted by Crippen LogP contribution is 2.23. The Labute approximate surface area is 125 Å². The molecule has 0 N–H and O–H groups in total. The topological polar surface area (TPSA) is 110 Å². The Balaban J connectivity index is 2.46. The van der Waals surface area contributed by atoms with Gasteiger partial charge in [0.25, 0.3) is 11.4 Å². The van der Waals surface area contributed by atoms with E-state index >= 15 is 0 Å². The Kier molecular flexibility index (Phi) is 4.24. The maximum Gasteiger partial charge on any atom is 0.270 e. The molecule has 0 atom stereocenters. The third kappa shape index (κ3) is 3.32. The molecule has 7 heteroatoms. The molecule has 0 bridgehead atoms. The molecule has 0 saturated heterocycles. The van der Waals surface area contributed by atoms with E-state index in [1.807, 2.05) is 6.07 Å². The van der Waals surface area contributed by atoms with Crippen molar-refractivity contribution >= 4 is 23.0 Å². The summed E-state index contributed by atoms with van der Waals surface area (Å²) in [5.74, 6) is 0. The molecule has 0 amide bonds. The zero-order chi connectivity index (χ0) is 16.1. The number of rotatable bonds is 4. The van der Waals surface area contributed by atoms with Crippen molar-refractivity contribution in [1.29, 1.82) is 5.26 Å². The van der Waals surface area contributed by atoms with Crippen molar-refractivity contribution in [2.24, 2.45) is 0 Å². The van der Waals surface area contributed by atoms with E-state index in [1.165, 1.54) is 42.5 Å². The predicted octanol–water partition coefficient (Wildman–Crippen LogP) is 3.57. The number of nitro groups is 2. The zero-order valence-corrected chi connectivity index (χ0v) is 11.2. The molecule has 0 radical (unpaired) electrons. The number of benzene rings is 2. The molecule has 7 nitrogen and oxygen atoms in total. The molecule has 0 saturated carbocycles. The lowest BCUT2D eigenvalue weighted by Crippen LogP contribution is -1.90. The van der Waals surface area contributed by atoms with Gasteiger partial charge in [-0.05, 0) is 17.2 Å². The molecule has 0 aliphatic rings. The summed E-state index contributed by atoms with van der Waals surface area (Å²) in [6, 6.07) is 13.4. The number of hydrogen-bond donors (Lipinski definition) is 0. The van der Waals surface area contributed by atoms with Crippen molar-refractivity contribution < 1.29 is 9.85 Å². The van der Waals surface area contributed by atoms with Crippen LogP contribution in [0.15, 0.2) is 48.5 Å². The van der Waals surface area contributed by atoms with E-state index in [0.29, 0.717) is 11.1 Å². The molecule has 0 aliphatic heterocycles. The summed E-state index contributed by atoms with van der Waals surface area (Å²) in [7, 11) is 0.